The molecule has 0 saturated carbocycles. The summed E-state index contributed by atoms with van der Waals surface area (Å²) in [6.45, 7) is 1.35. The Labute approximate surface area is 116 Å². The van der Waals surface area contributed by atoms with Gasteiger partial charge in [0.1, 0.15) is 17.1 Å². The zero-order valence-corrected chi connectivity index (χ0v) is 10.9. The highest BCUT2D eigenvalue weighted by Gasteiger charge is 2.27. The van der Waals surface area contributed by atoms with Gasteiger partial charge in [-0.1, -0.05) is 42.5 Å². The zero-order chi connectivity index (χ0) is 13.9. The predicted molar refractivity (Wildman–Crippen MR) is 75.3 cm³/mol. The molecule has 4 heteroatoms. The van der Waals surface area contributed by atoms with Gasteiger partial charge in [0.15, 0.2) is 0 Å². The molecule has 0 spiro atoms. The number of nitrogens with zero attached hydrogens (tertiary/aromatic N) is 1. The van der Waals surface area contributed by atoms with Gasteiger partial charge in [-0.3, -0.25) is 4.79 Å². The van der Waals surface area contributed by atoms with Crippen molar-refractivity contribution in [3.8, 4) is 5.75 Å². The molecule has 0 saturated heterocycles. The quantitative estimate of drug-likeness (QED) is 0.785. The number of carbonyl (C=O) groups is 1. The van der Waals surface area contributed by atoms with Crippen molar-refractivity contribution in [2.75, 3.05) is 0 Å². The van der Waals surface area contributed by atoms with Gasteiger partial charge in [0.05, 0.1) is 0 Å². The number of carbonyl (C=O) groups excluding carboxylic acids is 1. The molecule has 0 fully saturated rings. The molecule has 2 aromatic carbocycles. The third kappa shape index (κ3) is 2.40. The van der Waals surface area contributed by atoms with E-state index in [9.17, 15) is 4.79 Å². The number of para-hydroxylation sites is 2. The van der Waals surface area contributed by atoms with Gasteiger partial charge in [-0.15, -0.1) is 0 Å². The summed E-state index contributed by atoms with van der Waals surface area (Å²) in [4.78, 5) is 15.8. The summed E-state index contributed by atoms with van der Waals surface area (Å²) in [5, 5.41) is 0. The Hall–Kier alpha value is -2.62. The fourth-order valence-corrected chi connectivity index (χ4v) is 2.04. The molecule has 100 valence electrons. The van der Waals surface area contributed by atoms with Crippen LogP contribution >= 0.6 is 0 Å². The molecule has 2 aromatic rings. The van der Waals surface area contributed by atoms with Crippen molar-refractivity contribution in [3.05, 3.63) is 60.2 Å². The minimum Gasteiger partial charge on any atom is -0.447 e. The summed E-state index contributed by atoms with van der Waals surface area (Å²) in [5.74, 6) is 0.205. The standard InChI is InChI=1S/C16H13NO3/c1-11(18)19-16-15(12-7-3-2-4-8-12)17-13-9-5-6-10-14(13)20-16/h2-10,16H,1H3. The normalized spacial score (nSPS) is 16.6. The molecule has 3 rings (SSSR count). The molecule has 1 aliphatic heterocycles. The van der Waals surface area contributed by atoms with Gasteiger partial charge in [-0.2, -0.15) is 0 Å². The Bertz CT molecular complexity index is 664. The molecule has 0 bridgehead atoms. The third-order valence-electron chi connectivity index (χ3n) is 2.91. The Morgan fingerprint density at radius 2 is 1.80 bits per heavy atom. The molecule has 1 atom stereocenters. The second-order valence-electron chi connectivity index (χ2n) is 4.39. The highest BCUT2D eigenvalue weighted by atomic mass is 16.7. The van der Waals surface area contributed by atoms with Crippen LogP contribution in [0.2, 0.25) is 0 Å². The van der Waals surface area contributed by atoms with E-state index in [0.29, 0.717) is 11.5 Å². The first-order chi connectivity index (χ1) is 9.74. The Kier molecular flexibility index (Phi) is 3.21. The van der Waals surface area contributed by atoms with E-state index >= 15 is 0 Å². The topological polar surface area (TPSA) is 47.9 Å². The fraction of sp³-hybridized carbons (Fsp3) is 0.125. The molecule has 4 nitrogen and oxygen atoms in total. The van der Waals surface area contributed by atoms with Crippen molar-refractivity contribution < 1.29 is 14.3 Å². The smallest absolute Gasteiger partial charge is 0.306 e. The Morgan fingerprint density at radius 3 is 2.55 bits per heavy atom. The highest BCUT2D eigenvalue weighted by molar-refractivity contribution is 6.06. The van der Waals surface area contributed by atoms with E-state index in [2.05, 4.69) is 4.99 Å². The number of aliphatic imine (C=N–C) groups is 1. The van der Waals surface area contributed by atoms with Crippen molar-refractivity contribution >= 4 is 17.4 Å². The fourth-order valence-electron chi connectivity index (χ4n) is 2.04. The SMILES string of the molecule is CC(=O)OC1Oc2ccccc2N=C1c1ccccc1. The number of benzene rings is 2. The number of fused-ring (bicyclic) bond motifs is 1. The van der Waals surface area contributed by atoms with Crippen LogP contribution in [-0.4, -0.2) is 18.0 Å². The lowest BCUT2D eigenvalue weighted by Gasteiger charge is -2.25. The van der Waals surface area contributed by atoms with Gasteiger partial charge in [0.25, 0.3) is 6.29 Å². The molecule has 0 N–H and O–H groups in total. The van der Waals surface area contributed by atoms with Crippen LogP contribution in [0.15, 0.2) is 59.6 Å². The van der Waals surface area contributed by atoms with Crippen LogP contribution in [0.25, 0.3) is 0 Å². The van der Waals surface area contributed by atoms with Crippen LogP contribution in [0.5, 0.6) is 5.75 Å². The Morgan fingerprint density at radius 1 is 1.10 bits per heavy atom. The summed E-state index contributed by atoms with van der Waals surface area (Å²) in [6.07, 6.45) is -0.815. The zero-order valence-electron chi connectivity index (χ0n) is 10.9. The predicted octanol–water partition coefficient (Wildman–Crippen LogP) is 3.09. The van der Waals surface area contributed by atoms with E-state index in [1.165, 1.54) is 6.92 Å². The molecule has 0 aliphatic carbocycles. The first-order valence-corrected chi connectivity index (χ1v) is 6.31. The Balaban J connectivity index is 2.06. The number of esters is 1. The van der Waals surface area contributed by atoms with Crippen molar-refractivity contribution in [1.29, 1.82) is 0 Å². The van der Waals surface area contributed by atoms with E-state index < -0.39 is 12.3 Å². The maximum atomic E-state index is 11.2. The molecular weight excluding hydrogens is 254 g/mol. The maximum Gasteiger partial charge on any atom is 0.306 e. The maximum absolute atomic E-state index is 11.2. The lowest BCUT2D eigenvalue weighted by atomic mass is 10.1. The summed E-state index contributed by atoms with van der Waals surface area (Å²) >= 11 is 0. The molecule has 0 amide bonds. The van der Waals surface area contributed by atoms with E-state index in [4.69, 9.17) is 9.47 Å². The van der Waals surface area contributed by atoms with Crippen molar-refractivity contribution in [1.82, 2.24) is 0 Å². The number of hydrogen-bond donors (Lipinski definition) is 0. The van der Waals surface area contributed by atoms with E-state index in [1.807, 2.05) is 48.5 Å². The first kappa shape index (κ1) is 12.4. The minimum atomic E-state index is -0.815. The summed E-state index contributed by atoms with van der Waals surface area (Å²) in [6, 6.07) is 17.0. The molecule has 1 heterocycles. The van der Waals surface area contributed by atoms with Crippen LogP contribution < -0.4 is 4.74 Å². The highest BCUT2D eigenvalue weighted by Crippen LogP contribution is 2.33. The van der Waals surface area contributed by atoms with Crippen LogP contribution in [0.3, 0.4) is 0 Å². The molecule has 1 aliphatic rings. The minimum absolute atomic E-state index is 0.405. The van der Waals surface area contributed by atoms with Gasteiger partial charge < -0.3 is 9.47 Å². The number of ether oxygens (including phenoxy) is 2. The van der Waals surface area contributed by atoms with Crippen LogP contribution in [0.4, 0.5) is 5.69 Å². The lowest BCUT2D eigenvalue weighted by molar-refractivity contribution is -0.153. The van der Waals surface area contributed by atoms with E-state index in [-0.39, 0.29) is 0 Å². The molecule has 1 unspecified atom stereocenters. The van der Waals surface area contributed by atoms with Crippen molar-refractivity contribution in [2.45, 2.75) is 13.2 Å². The van der Waals surface area contributed by atoms with Crippen LogP contribution in [0, 0.1) is 0 Å². The van der Waals surface area contributed by atoms with Crippen molar-refractivity contribution in [2.24, 2.45) is 4.99 Å². The monoisotopic (exact) mass is 267 g/mol. The summed E-state index contributed by atoms with van der Waals surface area (Å²) in [7, 11) is 0. The van der Waals surface area contributed by atoms with E-state index in [0.717, 1.165) is 11.3 Å². The van der Waals surface area contributed by atoms with Gasteiger partial charge in [0.2, 0.25) is 0 Å². The lowest BCUT2D eigenvalue weighted by Crippen LogP contribution is -2.34. The second kappa shape index (κ2) is 5.17. The molecule has 20 heavy (non-hydrogen) atoms. The molecule has 0 aromatic heterocycles. The van der Waals surface area contributed by atoms with Gasteiger partial charge in [0, 0.05) is 12.5 Å². The largest absolute Gasteiger partial charge is 0.447 e. The van der Waals surface area contributed by atoms with E-state index in [1.54, 1.807) is 6.07 Å². The van der Waals surface area contributed by atoms with Gasteiger partial charge in [-0.25, -0.2) is 4.99 Å². The molecular formula is C16H13NO3. The summed E-state index contributed by atoms with van der Waals surface area (Å²) < 4.78 is 11.0. The average Bonchev–Trinajstić information content (AvgIpc) is 2.47. The number of hydrogen-bond acceptors (Lipinski definition) is 4. The summed E-state index contributed by atoms with van der Waals surface area (Å²) in [5.41, 5.74) is 2.20. The van der Waals surface area contributed by atoms with Gasteiger partial charge in [-0.05, 0) is 12.1 Å². The third-order valence-corrected chi connectivity index (χ3v) is 2.91. The van der Waals surface area contributed by atoms with Gasteiger partial charge >= 0.3 is 5.97 Å². The number of rotatable bonds is 2. The average molecular weight is 267 g/mol. The van der Waals surface area contributed by atoms with Crippen LogP contribution in [0.1, 0.15) is 12.5 Å². The van der Waals surface area contributed by atoms with Crippen LogP contribution in [-0.2, 0) is 9.53 Å². The van der Waals surface area contributed by atoms with Crippen molar-refractivity contribution in [3.63, 3.8) is 0 Å². The second-order valence-corrected chi connectivity index (χ2v) is 4.39. The first-order valence-electron chi connectivity index (χ1n) is 6.31. The molecule has 0 radical (unpaired) electrons.